The van der Waals surface area contributed by atoms with E-state index < -0.39 is 43.8 Å². The van der Waals surface area contributed by atoms with Gasteiger partial charge in [0.05, 0.1) is 16.9 Å². The number of pyridine rings is 2. The molecule has 11 nitrogen and oxygen atoms in total. The number of carbonyl (C=O) groups is 2. The Bertz CT molecular complexity index is 1750. The SMILES string of the molecule is CC(C)(C)OC(=O)N(c1cccc(C(N)(Cc2ccc(-c3cscn3)cc2)S(=O)(=O)c2ccccn2)n1)C(C(=O)O)C(C)(C)C. The van der Waals surface area contributed by atoms with Crippen molar-refractivity contribution >= 4 is 39.1 Å². The Morgan fingerprint density at radius 1 is 0.978 bits per heavy atom. The van der Waals surface area contributed by atoms with Crippen LogP contribution in [-0.2, 0) is 30.7 Å². The molecule has 0 aliphatic carbocycles. The predicted octanol–water partition coefficient (Wildman–Crippen LogP) is 5.67. The topological polar surface area (TPSA) is 166 Å². The summed E-state index contributed by atoms with van der Waals surface area (Å²) in [5.41, 5.74) is 8.82. The van der Waals surface area contributed by atoms with Gasteiger partial charge in [-0.3, -0.25) is 0 Å². The van der Waals surface area contributed by atoms with Crippen molar-refractivity contribution in [1.82, 2.24) is 15.0 Å². The van der Waals surface area contributed by atoms with E-state index in [2.05, 4.69) is 15.0 Å². The normalized spacial score (nSPS) is 14.3. The third kappa shape index (κ3) is 7.38. The molecule has 3 heterocycles. The molecule has 2 atom stereocenters. The van der Waals surface area contributed by atoms with E-state index in [0.717, 1.165) is 16.2 Å². The second kappa shape index (κ2) is 12.7. The molecule has 1 aromatic carbocycles. The Hall–Kier alpha value is -4.20. The average molecular weight is 652 g/mol. The summed E-state index contributed by atoms with van der Waals surface area (Å²) in [6.45, 7) is 9.97. The summed E-state index contributed by atoms with van der Waals surface area (Å²) in [5.74, 6) is -1.42. The number of benzene rings is 1. The van der Waals surface area contributed by atoms with E-state index in [0.29, 0.717) is 5.56 Å². The van der Waals surface area contributed by atoms with Gasteiger partial charge in [0.2, 0.25) is 9.84 Å². The van der Waals surface area contributed by atoms with Gasteiger partial charge in [-0.15, -0.1) is 11.3 Å². The molecule has 13 heteroatoms. The lowest BCUT2D eigenvalue weighted by Gasteiger charge is -2.37. The lowest BCUT2D eigenvalue weighted by atomic mass is 9.85. The van der Waals surface area contributed by atoms with Crippen LogP contribution in [0.25, 0.3) is 11.3 Å². The van der Waals surface area contributed by atoms with Crippen LogP contribution in [0.2, 0.25) is 0 Å². The Kier molecular flexibility index (Phi) is 9.48. The fourth-order valence-electron chi connectivity index (χ4n) is 4.77. The quantitative estimate of drug-likeness (QED) is 0.230. The molecule has 2 unspecified atom stereocenters. The van der Waals surface area contributed by atoms with Crippen LogP contribution in [0.5, 0.6) is 0 Å². The van der Waals surface area contributed by atoms with E-state index in [1.165, 1.54) is 47.9 Å². The van der Waals surface area contributed by atoms with Gasteiger partial charge in [-0.2, -0.15) is 0 Å². The number of aromatic nitrogens is 3. The molecule has 45 heavy (non-hydrogen) atoms. The van der Waals surface area contributed by atoms with E-state index >= 15 is 0 Å². The number of ether oxygens (including phenoxy) is 1. The van der Waals surface area contributed by atoms with E-state index in [1.807, 2.05) is 17.5 Å². The minimum Gasteiger partial charge on any atom is -0.480 e. The number of carboxylic acid groups (broad SMARTS) is 1. The second-order valence-electron chi connectivity index (χ2n) is 12.6. The van der Waals surface area contributed by atoms with Crippen LogP contribution < -0.4 is 10.6 Å². The highest BCUT2D eigenvalue weighted by atomic mass is 32.2. The summed E-state index contributed by atoms with van der Waals surface area (Å²) >= 11 is 1.46. The van der Waals surface area contributed by atoms with Crippen molar-refractivity contribution in [1.29, 1.82) is 0 Å². The predicted molar refractivity (Wildman–Crippen MR) is 172 cm³/mol. The lowest BCUT2D eigenvalue weighted by molar-refractivity contribution is -0.141. The number of thiazole rings is 1. The van der Waals surface area contributed by atoms with E-state index in [4.69, 9.17) is 10.5 Å². The summed E-state index contributed by atoms with van der Waals surface area (Å²) in [7, 11) is -4.42. The summed E-state index contributed by atoms with van der Waals surface area (Å²) < 4.78 is 34.2. The number of hydrogen-bond donors (Lipinski definition) is 2. The van der Waals surface area contributed by atoms with Gasteiger partial charge in [0.15, 0.2) is 9.90 Å². The molecule has 0 fully saturated rings. The van der Waals surface area contributed by atoms with E-state index in [-0.39, 0.29) is 23.0 Å². The zero-order chi connectivity index (χ0) is 33.2. The zero-order valence-corrected chi connectivity index (χ0v) is 27.6. The van der Waals surface area contributed by atoms with Gasteiger partial charge in [0.25, 0.3) is 0 Å². The molecule has 0 saturated heterocycles. The third-order valence-electron chi connectivity index (χ3n) is 6.86. The minimum absolute atomic E-state index is 0.110. The van der Waals surface area contributed by atoms with Crippen molar-refractivity contribution in [2.75, 3.05) is 4.90 Å². The summed E-state index contributed by atoms with van der Waals surface area (Å²) in [6.07, 6.45) is 0.181. The lowest BCUT2D eigenvalue weighted by Crippen LogP contribution is -2.54. The first-order chi connectivity index (χ1) is 20.9. The molecule has 0 bridgehead atoms. The summed E-state index contributed by atoms with van der Waals surface area (Å²) in [5, 5.41) is 11.9. The van der Waals surface area contributed by atoms with Gasteiger partial charge >= 0.3 is 12.1 Å². The third-order valence-corrected chi connectivity index (χ3v) is 9.55. The Morgan fingerprint density at radius 2 is 1.67 bits per heavy atom. The van der Waals surface area contributed by atoms with E-state index in [1.54, 1.807) is 65.3 Å². The van der Waals surface area contributed by atoms with Crippen LogP contribution in [-0.4, -0.2) is 52.2 Å². The van der Waals surface area contributed by atoms with Crippen LogP contribution in [0.4, 0.5) is 10.6 Å². The standard InChI is InChI=1S/C32H37N5O6S2/c1-30(2,3)27(28(38)39)37(29(40)43-31(4,5)6)25-11-9-10-24(36-25)32(33,45(41,42)26-12-7-8-17-34-26)18-21-13-15-22(16-14-21)23-19-44-20-35-23/h7-17,19-20,27H,18,33H2,1-6H3,(H,38,39). The molecule has 3 N–H and O–H groups in total. The number of carboxylic acids is 1. The smallest absolute Gasteiger partial charge is 0.416 e. The highest BCUT2D eigenvalue weighted by Crippen LogP contribution is 2.36. The fourth-order valence-corrected chi connectivity index (χ4v) is 6.91. The molecule has 1 amide bonds. The second-order valence-corrected chi connectivity index (χ2v) is 15.5. The first-order valence-corrected chi connectivity index (χ1v) is 16.5. The fraction of sp³-hybridized carbons (Fsp3) is 0.344. The van der Waals surface area contributed by atoms with Crippen molar-refractivity contribution < 1.29 is 27.9 Å². The number of anilines is 1. The van der Waals surface area contributed by atoms with Crippen LogP contribution in [0.15, 0.2) is 82.8 Å². The molecular weight excluding hydrogens is 615 g/mol. The largest absolute Gasteiger partial charge is 0.480 e. The zero-order valence-electron chi connectivity index (χ0n) is 26.0. The van der Waals surface area contributed by atoms with Gasteiger partial charge in [0.1, 0.15) is 17.5 Å². The summed E-state index contributed by atoms with van der Waals surface area (Å²) in [4.78, 5) is 37.9. The number of sulfone groups is 1. The minimum atomic E-state index is -4.42. The first kappa shape index (κ1) is 33.7. The van der Waals surface area contributed by atoms with Crippen LogP contribution in [0.3, 0.4) is 0 Å². The maximum Gasteiger partial charge on any atom is 0.416 e. The summed E-state index contributed by atoms with van der Waals surface area (Å²) in [6, 6.07) is 14.6. The van der Waals surface area contributed by atoms with Gasteiger partial charge < -0.3 is 15.6 Å². The Balaban J connectivity index is 1.89. The molecule has 0 aliphatic heterocycles. The molecule has 0 radical (unpaired) electrons. The number of aliphatic carboxylic acids is 1. The van der Waals surface area contributed by atoms with Crippen molar-refractivity contribution in [2.24, 2.45) is 11.1 Å². The maximum absolute atomic E-state index is 14.3. The number of hydrogen-bond acceptors (Lipinski definition) is 10. The number of amides is 1. The molecule has 3 aromatic heterocycles. The van der Waals surface area contributed by atoms with E-state index in [9.17, 15) is 23.1 Å². The van der Waals surface area contributed by atoms with Crippen LogP contribution in [0.1, 0.15) is 52.8 Å². The molecule has 0 aliphatic rings. The molecule has 4 aromatic rings. The van der Waals surface area contributed by atoms with Gasteiger partial charge in [-0.25, -0.2) is 37.9 Å². The van der Waals surface area contributed by atoms with Crippen molar-refractivity contribution in [3.05, 3.63) is 89.0 Å². The van der Waals surface area contributed by atoms with Gasteiger partial charge in [0, 0.05) is 23.6 Å². The maximum atomic E-state index is 14.3. The van der Waals surface area contributed by atoms with Crippen molar-refractivity contribution in [2.45, 2.75) is 69.5 Å². The molecular formula is C32H37N5O6S2. The average Bonchev–Trinajstić information content (AvgIpc) is 3.50. The number of nitrogens with zero attached hydrogens (tertiary/aromatic N) is 4. The highest BCUT2D eigenvalue weighted by molar-refractivity contribution is 7.92. The van der Waals surface area contributed by atoms with Gasteiger partial charge in [-0.05, 0) is 56.0 Å². The van der Waals surface area contributed by atoms with Gasteiger partial charge in [-0.1, -0.05) is 57.2 Å². The molecule has 4 rings (SSSR count). The van der Waals surface area contributed by atoms with Crippen LogP contribution >= 0.6 is 11.3 Å². The number of rotatable bonds is 9. The highest BCUT2D eigenvalue weighted by Gasteiger charge is 2.47. The van der Waals surface area contributed by atoms with Crippen LogP contribution in [0, 0.1) is 5.41 Å². The monoisotopic (exact) mass is 651 g/mol. The number of nitrogens with two attached hydrogens (primary N) is 1. The van der Waals surface area contributed by atoms with Crippen molar-refractivity contribution in [3.8, 4) is 11.3 Å². The molecule has 0 spiro atoms. The first-order valence-electron chi connectivity index (χ1n) is 14.1. The molecule has 0 saturated carbocycles. The number of carbonyl (C=O) groups excluding carboxylic acids is 1. The molecule has 238 valence electrons. The Labute approximate surface area is 267 Å². The Morgan fingerprint density at radius 3 is 2.20 bits per heavy atom. The van der Waals surface area contributed by atoms with Crippen molar-refractivity contribution in [3.63, 3.8) is 0 Å².